The Kier molecular flexibility index (Phi) is 6.54. The van der Waals surface area contributed by atoms with Crippen molar-refractivity contribution in [2.24, 2.45) is 0 Å². The van der Waals surface area contributed by atoms with E-state index in [4.69, 9.17) is 4.98 Å². The van der Waals surface area contributed by atoms with Gasteiger partial charge in [-0.25, -0.2) is 9.97 Å². The maximum Gasteiger partial charge on any atom is 0.166 e. The normalized spacial score (nSPS) is 14.4. The van der Waals surface area contributed by atoms with Crippen LogP contribution in [0.3, 0.4) is 0 Å². The highest BCUT2D eigenvalue weighted by Gasteiger charge is 2.17. The largest absolute Gasteiger partial charge is 0.388 e. The number of ether oxygens (including phenoxy) is 1. The molecule has 1 saturated carbocycles. The second kappa shape index (κ2) is 9.28. The third-order valence-corrected chi connectivity index (χ3v) is 4.61. The summed E-state index contributed by atoms with van der Waals surface area (Å²) in [5.74, 6) is 1.48. The summed E-state index contributed by atoms with van der Waals surface area (Å²) in [5.41, 5.74) is 2.19. The Balaban J connectivity index is 0.000000659. The molecule has 4 rings (SSSR count). The fraction of sp³-hybridized carbons (Fsp3) is 0.381. The Bertz CT molecular complexity index is 871. The van der Waals surface area contributed by atoms with Gasteiger partial charge >= 0.3 is 0 Å². The van der Waals surface area contributed by atoms with E-state index in [2.05, 4.69) is 20.0 Å². The molecule has 0 bridgehead atoms. The van der Waals surface area contributed by atoms with Crippen molar-refractivity contribution in [1.29, 1.82) is 0 Å². The summed E-state index contributed by atoms with van der Waals surface area (Å²) in [5, 5.41) is 4.46. The van der Waals surface area contributed by atoms with Crippen LogP contribution in [-0.2, 0) is 4.74 Å². The highest BCUT2D eigenvalue weighted by molar-refractivity contribution is 5.93. The average Bonchev–Trinajstić information content (AvgIpc) is 3.14. The number of hydrogen-bond acceptors (Lipinski definition) is 5. The predicted molar refractivity (Wildman–Crippen MR) is 108 cm³/mol. The lowest BCUT2D eigenvalue weighted by molar-refractivity contribution is 0.111. The van der Waals surface area contributed by atoms with Crippen LogP contribution in [0.4, 0.5) is 5.82 Å². The molecule has 0 aliphatic heterocycles. The van der Waals surface area contributed by atoms with Gasteiger partial charge in [-0.2, -0.15) is 0 Å². The van der Waals surface area contributed by atoms with Gasteiger partial charge in [0.25, 0.3) is 0 Å². The monoisotopic (exact) mass is 366 g/mol. The molecule has 0 amide bonds. The van der Waals surface area contributed by atoms with E-state index >= 15 is 0 Å². The molecule has 2 heterocycles. The molecule has 2 N–H and O–H groups in total. The molecule has 1 aromatic carbocycles. The van der Waals surface area contributed by atoms with Crippen LogP contribution in [0.15, 0.2) is 36.4 Å². The molecule has 142 valence electrons. The number of fused-ring (bicyclic) bond motifs is 1. The van der Waals surface area contributed by atoms with E-state index in [0.29, 0.717) is 23.2 Å². The molecular weight excluding hydrogens is 340 g/mol. The van der Waals surface area contributed by atoms with Gasteiger partial charge in [0.1, 0.15) is 11.5 Å². The zero-order valence-corrected chi connectivity index (χ0v) is 15.9. The van der Waals surface area contributed by atoms with Crippen LogP contribution in [0.25, 0.3) is 22.4 Å². The molecule has 0 spiro atoms. The van der Waals surface area contributed by atoms with Gasteiger partial charge in [0.15, 0.2) is 12.1 Å². The second-order valence-electron chi connectivity index (χ2n) is 6.75. The summed E-state index contributed by atoms with van der Waals surface area (Å²) in [6, 6.07) is 12.2. The lowest BCUT2D eigenvalue weighted by Crippen LogP contribution is -2.23. The number of carbonyl (C=O) groups is 1. The number of methoxy groups -OCH3 is 1. The van der Waals surface area contributed by atoms with E-state index < -0.39 is 0 Å². The summed E-state index contributed by atoms with van der Waals surface area (Å²) in [7, 11) is 3.25. The molecule has 0 atom stereocenters. The standard InChI is InChI=1S/C19H20N4O.C2H6O/c24-12-15-11-16-18(20-14-9-5-2-6-10-14)22-17(23-19(16)21-15)13-7-3-1-4-8-13;1-3-2/h1,3-4,7-8,11-12,14H,2,5-6,9-10H2,(H2,20,21,22,23);1-2H3. The van der Waals surface area contributed by atoms with Crippen molar-refractivity contribution in [3.05, 3.63) is 42.1 Å². The van der Waals surface area contributed by atoms with Gasteiger partial charge < -0.3 is 15.0 Å². The van der Waals surface area contributed by atoms with Gasteiger partial charge in [-0.3, -0.25) is 4.79 Å². The second-order valence-corrected chi connectivity index (χ2v) is 6.75. The summed E-state index contributed by atoms with van der Waals surface area (Å²) >= 11 is 0. The number of aldehydes is 1. The van der Waals surface area contributed by atoms with Crippen LogP contribution in [0.5, 0.6) is 0 Å². The van der Waals surface area contributed by atoms with Crippen molar-refractivity contribution in [2.45, 2.75) is 38.1 Å². The summed E-state index contributed by atoms with van der Waals surface area (Å²) in [4.78, 5) is 23.6. The summed E-state index contributed by atoms with van der Waals surface area (Å²) < 4.78 is 4.25. The van der Waals surface area contributed by atoms with Gasteiger partial charge in [-0.1, -0.05) is 49.6 Å². The van der Waals surface area contributed by atoms with Crippen LogP contribution in [0.2, 0.25) is 0 Å². The fourth-order valence-electron chi connectivity index (χ4n) is 3.36. The number of anilines is 1. The van der Waals surface area contributed by atoms with E-state index in [-0.39, 0.29) is 0 Å². The van der Waals surface area contributed by atoms with E-state index in [1.54, 1.807) is 14.2 Å². The number of hydrogen-bond donors (Lipinski definition) is 2. The molecule has 1 aliphatic rings. The van der Waals surface area contributed by atoms with Crippen molar-refractivity contribution in [3.8, 4) is 11.4 Å². The Morgan fingerprint density at radius 2 is 1.81 bits per heavy atom. The van der Waals surface area contributed by atoms with Crippen LogP contribution >= 0.6 is 0 Å². The van der Waals surface area contributed by atoms with Crippen molar-refractivity contribution >= 4 is 23.1 Å². The number of aromatic amines is 1. The van der Waals surface area contributed by atoms with Gasteiger partial charge in [0, 0.05) is 25.8 Å². The molecule has 0 saturated heterocycles. The van der Waals surface area contributed by atoms with E-state index in [1.165, 1.54) is 19.3 Å². The zero-order valence-electron chi connectivity index (χ0n) is 15.9. The first kappa shape index (κ1) is 19.0. The minimum atomic E-state index is 0.440. The Morgan fingerprint density at radius 3 is 2.48 bits per heavy atom. The van der Waals surface area contributed by atoms with E-state index in [1.807, 2.05) is 36.4 Å². The minimum Gasteiger partial charge on any atom is -0.388 e. The third kappa shape index (κ3) is 4.71. The molecule has 3 aromatic rings. The lowest BCUT2D eigenvalue weighted by Gasteiger charge is -2.23. The molecular formula is C21H26N4O2. The molecule has 1 fully saturated rings. The van der Waals surface area contributed by atoms with Crippen LogP contribution in [-0.4, -0.2) is 41.5 Å². The van der Waals surface area contributed by atoms with Gasteiger partial charge in [0.05, 0.1) is 11.1 Å². The first-order chi connectivity index (χ1) is 13.2. The summed E-state index contributed by atoms with van der Waals surface area (Å²) in [6.45, 7) is 0. The SMILES string of the molecule is COC.O=Cc1cc2c(NC3CCCCC3)nc(-c3ccccc3)nc2[nH]1. The van der Waals surface area contributed by atoms with Crippen molar-refractivity contribution in [2.75, 3.05) is 19.5 Å². The quantitative estimate of drug-likeness (QED) is 0.667. The first-order valence-electron chi connectivity index (χ1n) is 9.33. The molecule has 1 aliphatic carbocycles. The van der Waals surface area contributed by atoms with Crippen molar-refractivity contribution in [3.63, 3.8) is 0 Å². The maximum atomic E-state index is 11.1. The minimum absolute atomic E-state index is 0.440. The number of H-pyrrole nitrogens is 1. The smallest absolute Gasteiger partial charge is 0.166 e. The highest BCUT2D eigenvalue weighted by atomic mass is 16.4. The van der Waals surface area contributed by atoms with Crippen LogP contribution in [0.1, 0.15) is 42.6 Å². The first-order valence-corrected chi connectivity index (χ1v) is 9.33. The molecule has 6 heteroatoms. The average molecular weight is 366 g/mol. The number of benzene rings is 1. The highest BCUT2D eigenvalue weighted by Crippen LogP contribution is 2.28. The number of rotatable bonds is 4. The topological polar surface area (TPSA) is 79.9 Å². The van der Waals surface area contributed by atoms with Crippen LogP contribution < -0.4 is 5.32 Å². The predicted octanol–water partition coefficient (Wildman–Crippen LogP) is 4.44. The van der Waals surface area contributed by atoms with E-state index in [0.717, 1.165) is 35.9 Å². The number of aromatic nitrogens is 3. The van der Waals surface area contributed by atoms with Crippen molar-refractivity contribution in [1.82, 2.24) is 15.0 Å². The van der Waals surface area contributed by atoms with Gasteiger partial charge in [-0.15, -0.1) is 0 Å². The zero-order chi connectivity index (χ0) is 19.1. The molecule has 2 aromatic heterocycles. The molecule has 0 radical (unpaired) electrons. The van der Waals surface area contributed by atoms with Crippen molar-refractivity contribution < 1.29 is 9.53 Å². The number of nitrogens with zero attached hydrogens (tertiary/aromatic N) is 2. The van der Waals surface area contributed by atoms with Crippen LogP contribution in [0, 0.1) is 0 Å². The molecule has 0 unspecified atom stereocenters. The Labute approximate surface area is 159 Å². The van der Waals surface area contributed by atoms with E-state index in [9.17, 15) is 4.79 Å². The maximum absolute atomic E-state index is 11.1. The molecule has 27 heavy (non-hydrogen) atoms. The Hall–Kier alpha value is -2.73. The lowest BCUT2D eigenvalue weighted by atomic mass is 9.95. The van der Waals surface area contributed by atoms with Gasteiger partial charge in [0.2, 0.25) is 0 Å². The number of nitrogens with one attached hydrogen (secondary N) is 2. The molecule has 6 nitrogen and oxygen atoms in total. The van der Waals surface area contributed by atoms with Gasteiger partial charge in [-0.05, 0) is 18.9 Å². The summed E-state index contributed by atoms with van der Waals surface area (Å²) in [6.07, 6.45) is 6.96. The fourth-order valence-corrected chi connectivity index (χ4v) is 3.36. The Morgan fingerprint density at radius 1 is 1.11 bits per heavy atom. The third-order valence-electron chi connectivity index (χ3n) is 4.61. The number of carbonyl (C=O) groups excluding carboxylic acids is 1.